The maximum atomic E-state index is 12.7. The van der Waals surface area contributed by atoms with Gasteiger partial charge in [0.15, 0.2) is 0 Å². The van der Waals surface area contributed by atoms with Crippen molar-refractivity contribution in [2.45, 2.75) is 31.4 Å². The van der Waals surface area contributed by atoms with Crippen LogP contribution in [0.25, 0.3) is 0 Å². The molecule has 0 unspecified atom stereocenters. The van der Waals surface area contributed by atoms with E-state index in [1.165, 1.54) is 17.0 Å². The maximum Gasteiger partial charge on any atom is 0.416 e. The van der Waals surface area contributed by atoms with E-state index in [1.54, 1.807) is 17.4 Å². The highest BCUT2D eigenvalue weighted by Crippen LogP contribution is 2.32. The Bertz CT molecular complexity index is 630. The van der Waals surface area contributed by atoms with Gasteiger partial charge in [0, 0.05) is 17.5 Å². The lowest BCUT2D eigenvalue weighted by Crippen LogP contribution is -2.26. The third kappa shape index (κ3) is 3.67. The first-order valence-corrected chi connectivity index (χ1v) is 8.15. The normalized spacial score (nSPS) is 16.9. The lowest BCUT2D eigenvalue weighted by Gasteiger charge is -2.20. The third-order valence-electron chi connectivity index (χ3n) is 3.92. The van der Waals surface area contributed by atoms with Crippen molar-refractivity contribution in [3.05, 3.63) is 51.5 Å². The minimum absolute atomic E-state index is 0.458. The Morgan fingerprint density at radius 1 is 1.23 bits per heavy atom. The molecule has 2 nitrogen and oxygen atoms in total. The van der Waals surface area contributed by atoms with Crippen LogP contribution in [0.1, 0.15) is 39.8 Å². The van der Waals surface area contributed by atoms with Crippen LogP contribution in [0.5, 0.6) is 0 Å². The Labute approximate surface area is 131 Å². The molecule has 1 aliphatic rings. The summed E-state index contributed by atoms with van der Waals surface area (Å²) in [5, 5.41) is 4.21. The average Bonchev–Trinajstić information content (AvgIpc) is 2.96. The number of benzene rings is 1. The highest BCUT2D eigenvalue weighted by molar-refractivity contribution is 7.11. The lowest BCUT2D eigenvalue weighted by atomic mass is 9.97. The standard InChI is InChI=1S/C16H17F3N2S/c17-16(18,19)13-3-1-2-11(8-13)9-15-21-10-14(22-15)12-4-6-20-7-5-12/h1-3,8,10,12,20H,4-7,9H2. The molecule has 22 heavy (non-hydrogen) atoms. The van der Waals surface area contributed by atoms with E-state index in [4.69, 9.17) is 0 Å². The molecule has 0 spiro atoms. The number of hydrogen-bond donors (Lipinski definition) is 1. The van der Waals surface area contributed by atoms with E-state index in [2.05, 4.69) is 10.3 Å². The fourth-order valence-electron chi connectivity index (χ4n) is 2.73. The summed E-state index contributed by atoms with van der Waals surface area (Å²) in [5.74, 6) is 0.536. The number of thiazole rings is 1. The van der Waals surface area contributed by atoms with Crippen LogP contribution in [0.4, 0.5) is 13.2 Å². The van der Waals surface area contributed by atoms with Crippen LogP contribution in [0.3, 0.4) is 0 Å². The molecule has 0 amide bonds. The molecule has 1 saturated heterocycles. The number of rotatable bonds is 3. The zero-order valence-corrected chi connectivity index (χ0v) is 12.8. The smallest absolute Gasteiger partial charge is 0.317 e. The first-order valence-electron chi connectivity index (χ1n) is 7.34. The molecule has 1 aliphatic heterocycles. The fraction of sp³-hybridized carbons (Fsp3) is 0.438. The molecule has 1 N–H and O–H groups in total. The van der Waals surface area contributed by atoms with Crippen molar-refractivity contribution in [2.24, 2.45) is 0 Å². The van der Waals surface area contributed by atoms with Gasteiger partial charge < -0.3 is 5.32 Å². The average molecular weight is 326 g/mol. The summed E-state index contributed by atoms with van der Waals surface area (Å²) in [4.78, 5) is 5.65. The van der Waals surface area contributed by atoms with E-state index in [0.29, 0.717) is 17.9 Å². The minimum Gasteiger partial charge on any atom is -0.317 e. The summed E-state index contributed by atoms with van der Waals surface area (Å²) in [6.07, 6.45) is 0.263. The molecule has 6 heteroatoms. The van der Waals surface area contributed by atoms with Crippen molar-refractivity contribution in [3.8, 4) is 0 Å². The van der Waals surface area contributed by atoms with Crippen LogP contribution in [-0.4, -0.2) is 18.1 Å². The molecule has 2 heterocycles. The van der Waals surface area contributed by atoms with Gasteiger partial charge in [-0.2, -0.15) is 13.2 Å². The largest absolute Gasteiger partial charge is 0.416 e. The van der Waals surface area contributed by atoms with Gasteiger partial charge in [-0.25, -0.2) is 4.98 Å². The molecule has 118 valence electrons. The molecule has 0 radical (unpaired) electrons. The van der Waals surface area contributed by atoms with Crippen LogP contribution in [0.15, 0.2) is 30.5 Å². The molecule has 1 aromatic carbocycles. The Morgan fingerprint density at radius 2 is 2.00 bits per heavy atom. The molecule has 1 fully saturated rings. The monoisotopic (exact) mass is 326 g/mol. The van der Waals surface area contributed by atoms with Gasteiger partial charge in [0.2, 0.25) is 0 Å². The molecular weight excluding hydrogens is 309 g/mol. The van der Waals surface area contributed by atoms with Crippen molar-refractivity contribution in [2.75, 3.05) is 13.1 Å². The second kappa shape index (κ2) is 6.38. The Balaban J connectivity index is 1.72. The van der Waals surface area contributed by atoms with Gasteiger partial charge in [-0.3, -0.25) is 0 Å². The van der Waals surface area contributed by atoms with Gasteiger partial charge in [0.25, 0.3) is 0 Å². The number of nitrogens with one attached hydrogen (secondary N) is 1. The molecular formula is C16H17F3N2S. The highest BCUT2D eigenvalue weighted by atomic mass is 32.1. The first-order chi connectivity index (χ1) is 10.5. The van der Waals surface area contributed by atoms with E-state index < -0.39 is 11.7 Å². The predicted octanol–water partition coefficient (Wildman–Crippen LogP) is 4.22. The van der Waals surface area contributed by atoms with E-state index in [0.717, 1.165) is 37.0 Å². The highest BCUT2D eigenvalue weighted by Gasteiger charge is 2.30. The van der Waals surface area contributed by atoms with Crippen LogP contribution >= 0.6 is 11.3 Å². The second-order valence-corrected chi connectivity index (χ2v) is 6.70. The van der Waals surface area contributed by atoms with Crippen molar-refractivity contribution in [1.29, 1.82) is 0 Å². The van der Waals surface area contributed by atoms with Gasteiger partial charge in [0.05, 0.1) is 10.6 Å². The zero-order valence-electron chi connectivity index (χ0n) is 12.0. The molecule has 0 aliphatic carbocycles. The summed E-state index contributed by atoms with van der Waals surface area (Å²) in [5.41, 5.74) is 0.0566. The van der Waals surface area contributed by atoms with E-state index >= 15 is 0 Å². The number of alkyl halides is 3. The summed E-state index contributed by atoms with van der Waals surface area (Å²) < 4.78 is 38.2. The summed E-state index contributed by atoms with van der Waals surface area (Å²) in [7, 11) is 0. The number of nitrogens with zero attached hydrogens (tertiary/aromatic N) is 1. The number of halogens is 3. The van der Waals surface area contributed by atoms with Crippen molar-refractivity contribution >= 4 is 11.3 Å². The lowest BCUT2D eigenvalue weighted by molar-refractivity contribution is -0.137. The topological polar surface area (TPSA) is 24.9 Å². The van der Waals surface area contributed by atoms with E-state index in [1.807, 2.05) is 6.20 Å². The predicted molar refractivity (Wildman–Crippen MR) is 81.2 cm³/mol. The molecule has 3 rings (SSSR count). The van der Waals surface area contributed by atoms with Gasteiger partial charge in [0.1, 0.15) is 0 Å². The van der Waals surface area contributed by atoms with E-state index in [9.17, 15) is 13.2 Å². The van der Waals surface area contributed by atoms with Crippen LogP contribution in [-0.2, 0) is 12.6 Å². The molecule has 0 bridgehead atoms. The Morgan fingerprint density at radius 3 is 2.73 bits per heavy atom. The van der Waals surface area contributed by atoms with Gasteiger partial charge >= 0.3 is 6.18 Å². The van der Waals surface area contributed by atoms with Crippen LogP contribution in [0.2, 0.25) is 0 Å². The molecule has 2 aromatic rings. The van der Waals surface area contributed by atoms with Crippen molar-refractivity contribution in [1.82, 2.24) is 10.3 Å². The van der Waals surface area contributed by atoms with Crippen molar-refractivity contribution in [3.63, 3.8) is 0 Å². The van der Waals surface area contributed by atoms with Crippen LogP contribution in [0, 0.1) is 0 Å². The summed E-state index contributed by atoms with van der Waals surface area (Å²) in [6.45, 7) is 2.04. The Kier molecular flexibility index (Phi) is 4.49. The van der Waals surface area contributed by atoms with Gasteiger partial charge in [-0.1, -0.05) is 18.2 Å². The van der Waals surface area contributed by atoms with Crippen molar-refractivity contribution < 1.29 is 13.2 Å². The molecule has 0 saturated carbocycles. The van der Waals surface area contributed by atoms with Crippen LogP contribution < -0.4 is 5.32 Å². The second-order valence-electron chi connectivity index (χ2n) is 5.56. The fourth-order valence-corrected chi connectivity index (χ4v) is 3.86. The van der Waals surface area contributed by atoms with Gasteiger partial charge in [-0.05, 0) is 43.5 Å². The summed E-state index contributed by atoms with van der Waals surface area (Å²) in [6, 6.07) is 5.50. The van der Waals surface area contributed by atoms with Gasteiger partial charge in [-0.15, -0.1) is 11.3 Å². The zero-order chi connectivity index (χ0) is 15.6. The van der Waals surface area contributed by atoms with E-state index in [-0.39, 0.29) is 0 Å². The quantitative estimate of drug-likeness (QED) is 0.913. The number of hydrogen-bond acceptors (Lipinski definition) is 3. The number of aromatic nitrogens is 1. The third-order valence-corrected chi connectivity index (χ3v) is 5.08. The SMILES string of the molecule is FC(F)(F)c1cccc(Cc2ncc(C3CCNCC3)s2)c1. The summed E-state index contributed by atoms with van der Waals surface area (Å²) >= 11 is 1.63. The molecule has 1 aromatic heterocycles. The first kappa shape index (κ1) is 15.5. The maximum absolute atomic E-state index is 12.7. The molecule has 0 atom stereocenters. The Hall–Kier alpha value is -1.40. The minimum atomic E-state index is -4.29. The number of piperidine rings is 1.